The van der Waals surface area contributed by atoms with Crippen LogP contribution in [0.25, 0.3) is 21.9 Å². The van der Waals surface area contributed by atoms with Gasteiger partial charge in [0.05, 0.1) is 17.0 Å². The van der Waals surface area contributed by atoms with E-state index in [0.717, 1.165) is 0 Å². The summed E-state index contributed by atoms with van der Waals surface area (Å²) < 4.78 is 10.6. The summed E-state index contributed by atoms with van der Waals surface area (Å²) in [6, 6.07) is 7.61. The van der Waals surface area contributed by atoms with Crippen molar-refractivity contribution in [2.45, 2.75) is 19.4 Å². The predicted molar refractivity (Wildman–Crippen MR) is 118 cm³/mol. The number of benzene rings is 2. The summed E-state index contributed by atoms with van der Waals surface area (Å²) in [5.74, 6) is -2.05. The van der Waals surface area contributed by atoms with Crippen LogP contribution in [0.1, 0.15) is 11.1 Å². The number of halogens is 1. The second kappa shape index (κ2) is 8.87. The van der Waals surface area contributed by atoms with Gasteiger partial charge in [0, 0.05) is 41.0 Å². The molecule has 0 aliphatic rings. The number of aliphatic carboxylic acids is 1. The molecule has 0 saturated heterocycles. The smallest absolute Gasteiger partial charge is 0.336 e. The lowest BCUT2D eigenvalue weighted by molar-refractivity contribution is -0.308. The minimum Gasteiger partial charge on any atom is -0.548 e. The number of amides is 1. The number of aromatic amines is 1. The molecule has 0 bridgehead atoms. The molecule has 0 unspecified atom stereocenters. The topological polar surface area (TPSA) is 145 Å². The Labute approximate surface area is 191 Å². The first kappa shape index (κ1) is 22.2. The van der Waals surface area contributed by atoms with Gasteiger partial charge < -0.3 is 34.5 Å². The highest BCUT2D eigenvalue weighted by molar-refractivity contribution is 6.32. The summed E-state index contributed by atoms with van der Waals surface area (Å²) in [5, 5.41) is 25.1. The molecule has 2 aromatic carbocycles. The normalized spacial score (nSPS) is 12.1. The Bertz CT molecular complexity index is 1440. The molecule has 9 nitrogen and oxygen atoms in total. The molecule has 170 valence electrons. The van der Waals surface area contributed by atoms with Crippen molar-refractivity contribution in [2.24, 2.45) is 0 Å². The number of H-pyrrole nitrogens is 1. The summed E-state index contributed by atoms with van der Waals surface area (Å²) in [4.78, 5) is 38.6. The summed E-state index contributed by atoms with van der Waals surface area (Å²) >= 11 is 6.21. The van der Waals surface area contributed by atoms with Crippen LogP contribution in [0, 0.1) is 6.92 Å². The number of carboxylic acid groups (broad SMARTS) is 1. The van der Waals surface area contributed by atoms with Crippen molar-refractivity contribution in [3.05, 3.63) is 69.2 Å². The van der Waals surface area contributed by atoms with E-state index in [-0.39, 0.29) is 28.5 Å². The van der Waals surface area contributed by atoms with E-state index in [1.165, 1.54) is 24.3 Å². The fourth-order valence-corrected chi connectivity index (χ4v) is 3.78. The van der Waals surface area contributed by atoms with E-state index >= 15 is 0 Å². The van der Waals surface area contributed by atoms with Gasteiger partial charge in [-0.05, 0) is 42.3 Å². The average molecular weight is 470 g/mol. The Morgan fingerprint density at radius 2 is 2.03 bits per heavy atom. The van der Waals surface area contributed by atoms with Crippen LogP contribution in [0.2, 0.25) is 5.02 Å². The highest BCUT2D eigenvalue weighted by atomic mass is 35.5. The number of hydrogen-bond acceptors (Lipinski definition) is 7. The Hall–Kier alpha value is -3.98. The number of hydrogen-bond donors (Lipinski definition) is 3. The zero-order valence-electron chi connectivity index (χ0n) is 17.3. The molecule has 33 heavy (non-hydrogen) atoms. The van der Waals surface area contributed by atoms with Crippen molar-refractivity contribution in [1.82, 2.24) is 10.3 Å². The third-order valence-electron chi connectivity index (χ3n) is 5.16. The molecule has 0 spiro atoms. The molecule has 0 fully saturated rings. The lowest BCUT2D eigenvalue weighted by Gasteiger charge is -2.20. The van der Waals surface area contributed by atoms with Gasteiger partial charge in [0.2, 0.25) is 0 Å². The number of nitrogens with one attached hydrogen (secondary N) is 2. The molecule has 4 rings (SSSR count). The summed E-state index contributed by atoms with van der Waals surface area (Å²) in [6.07, 6.45) is 1.53. The first-order chi connectivity index (χ1) is 15.7. The number of fused-ring (bicyclic) bond motifs is 2. The Morgan fingerprint density at radius 1 is 1.24 bits per heavy atom. The quantitative estimate of drug-likeness (QED) is 0.350. The van der Waals surface area contributed by atoms with Crippen molar-refractivity contribution in [2.75, 3.05) is 6.61 Å². The summed E-state index contributed by atoms with van der Waals surface area (Å²) in [5.41, 5.74) is 1.68. The number of carbonyl (C=O) groups is 2. The van der Waals surface area contributed by atoms with Crippen molar-refractivity contribution >= 4 is 45.3 Å². The molecule has 0 aliphatic heterocycles. The molecule has 10 heteroatoms. The van der Waals surface area contributed by atoms with Crippen molar-refractivity contribution in [3.8, 4) is 11.5 Å². The van der Waals surface area contributed by atoms with Crippen LogP contribution < -0.4 is 20.8 Å². The number of rotatable bonds is 7. The lowest BCUT2D eigenvalue weighted by atomic mass is 10.0. The number of phenols is 1. The van der Waals surface area contributed by atoms with Gasteiger partial charge in [-0.3, -0.25) is 4.79 Å². The van der Waals surface area contributed by atoms with E-state index in [0.29, 0.717) is 27.4 Å². The monoisotopic (exact) mass is 469 g/mol. The fourth-order valence-electron chi connectivity index (χ4n) is 3.56. The van der Waals surface area contributed by atoms with Crippen LogP contribution in [0.4, 0.5) is 0 Å². The van der Waals surface area contributed by atoms with Crippen LogP contribution in [0.5, 0.6) is 11.5 Å². The van der Waals surface area contributed by atoms with Gasteiger partial charge in [-0.2, -0.15) is 0 Å². The SMILES string of the molecule is Cc1cc(=O)oc2cc(OCC(=O)N[C@@H](Cc3c[nH]c4ccc(O)cc34)C(=O)[O-])c(Cl)cc12. The molecule has 1 amide bonds. The first-order valence-corrected chi connectivity index (χ1v) is 10.2. The number of aromatic hydroxyl groups is 1. The molecule has 0 radical (unpaired) electrons. The lowest BCUT2D eigenvalue weighted by Crippen LogP contribution is -2.50. The summed E-state index contributed by atoms with van der Waals surface area (Å²) in [7, 11) is 0. The highest BCUT2D eigenvalue weighted by Crippen LogP contribution is 2.31. The molecular formula is C23H18ClN2O7-. The van der Waals surface area contributed by atoms with Gasteiger partial charge >= 0.3 is 5.63 Å². The van der Waals surface area contributed by atoms with E-state index in [1.807, 2.05) is 0 Å². The second-order valence-electron chi connectivity index (χ2n) is 7.50. The standard InChI is InChI=1S/C23H19ClN2O7/c1-11-4-22(29)33-19-8-20(16(24)7-14(11)19)32-10-21(28)26-18(23(30)31)5-12-9-25-17-3-2-13(27)6-15(12)17/h2-4,6-9,18,25,27H,5,10H2,1H3,(H,26,28)(H,30,31)/p-1/t18-/m0/s1. The molecule has 3 N–H and O–H groups in total. The van der Waals surface area contributed by atoms with Crippen LogP contribution in [0.15, 0.2) is 51.8 Å². The highest BCUT2D eigenvalue weighted by Gasteiger charge is 2.18. The first-order valence-electron chi connectivity index (χ1n) is 9.87. The van der Waals surface area contributed by atoms with E-state index < -0.39 is 30.2 Å². The molecule has 1 atom stereocenters. The van der Waals surface area contributed by atoms with Crippen LogP contribution in [0.3, 0.4) is 0 Å². The molecule has 4 aromatic rings. The van der Waals surface area contributed by atoms with Gasteiger partial charge in [-0.25, -0.2) is 4.79 Å². The van der Waals surface area contributed by atoms with Crippen LogP contribution in [-0.2, 0) is 16.0 Å². The Kier molecular flexibility index (Phi) is 5.97. The van der Waals surface area contributed by atoms with E-state index in [4.69, 9.17) is 20.8 Å². The van der Waals surface area contributed by atoms with E-state index in [1.54, 1.807) is 25.3 Å². The number of aryl methyl sites for hydroxylation is 1. The van der Waals surface area contributed by atoms with Crippen LogP contribution in [-0.4, -0.2) is 34.6 Å². The van der Waals surface area contributed by atoms with Crippen molar-refractivity contribution in [3.63, 3.8) is 0 Å². The maximum Gasteiger partial charge on any atom is 0.336 e. The predicted octanol–water partition coefficient (Wildman–Crippen LogP) is 1.80. The molecule has 0 aliphatic carbocycles. The summed E-state index contributed by atoms with van der Waals surface area (Å²) in [6.45, 7) is 1.21. The number of ether oxygens (including phenoxy) is 1. The molecule has 2 aromatic heterocycles. The molecule has 0 saturated carbocycles. The molecular weight excluding hydrogens is 452 g/mol. The van der Waals surface area contributed by atoms with E-state index in [2.05, 4.69) is 10.3 Å². The third kappa shape index (κ3) is 4.78. The minimum absolute atomic E-state index is 0.0316. The zero-order valence-corrected chi connectivity index (χ0v) is 18.1. The van der Waals surface area contributed by atoms with Gasteiger partial charge in [0.25, 0.3) is 5.91 Å². The number of phenolic OH excluding ortho intramolecular Hbond substituents is 1. The van der Waals surface area contributed by atoms with Crippen molar-refractivity contribution in [1.29, 1.82) is 0 Å². The second-order valence-corrected chi connectivity index (χ2v) is 7.91. The third-order valence-corrected chi connectivity index (χ3v) is 5.45. The average Bonchev–Trinajstić information content (AvgIpc) is 3.14. The zero-order chi connectivity index (χ0) is 23.7. The maximum atomic E-state index is 12.4. The Balaban J connectivity index is 1.46. The van der Waals surface area contributed by atoms with Gasteiger partial charge in [0.1, 0.15) is 17.1 Å². The molecule has 2 heterocycles. The van der Waals surface area contributed by atoms with Gasteiger partial charge in [-0.15, -0.1) is 0 Å². The fraction of sp³-hybridized carbons (Fsp3) is 0.174. The largest absolute Gasteiger partial charge is 0.548 e. The number of aromatic nitrogens is 1. The Morgan fingerprint density at radius 3 is 2.79 bits per heavy atom. The van der Waals surface area contributed by atoms with Gasteiger partial charge in [0.15, 0.2) is 6.61 Å². The minimum atomic E-state index is -1.47. The van der Waals surface area contributed by atoms with Crippen molar-refractivity contribution < 1.29 is 29.0 Å². The maximum absolute atomic E-state index is 12.4. The van der Waals surface area contributed by atoms with Crippen LogP contribution >= 0.6 is 11.6 Å². The number of carboxylic acids is 1. The van der Waals surface area contributed by atoms with Gasteiger partial charge in [-0.1, -0.05) is 11.6 Å². The number of carbonyl (C=O) groups excluding carboxylic acids is 2. The van der Waals surface area contributed by atoms with E-state index in [9.17, 15) is 24.6 Å².